The quantitative estimate of drug-likeness (QED) is 0.823. The van der Waals surface area contributed by atoms with Crippen molar-refractivity contribution in [3.63, 3.8) is 0 Å². The topological polar surface area (TPSA) is 25.4 Å². The van der Waals surface area contributed by atoms with Gasteiger partial charge in [-0.3, -0.25) is 4.90 Å². The van der Waals surface area contributed by atoms with Gasteiger partial charge in [0.05, 0.1) is 22.9 Å². The fourth-order valence-corrected chi connectivity index (χ4v) is 4.28. The van der Waals surface area contributed by atoms with Crippen LogP contribution in [0.5, 0.6) is 0 Å². The summed E-state index contributed by atoms with van der Waals surface area (Å²) in [6.07, 6.45) is 5.19. The van der Waals surface area contributed by atoms with Gasteiger partial charge >= 0.3 is 0 Å². The molecule has 1 aliphatic heterocycles. The Hall–Kier alpha value is -0.450. The van der Waals surface area contributed by atoms with E-state index in [0.29, 0.717) is 0 Å². The summed E-state index contributed by atoms with van der Waals surface area (Å²) in [7, 11) is 0. The molecule has 2 aliphatic rings. The molecule has 2 heterocycles. The normalized spacial score (nSPS) is 23.9. The molecule has 3 nitrogen and oxygen atoms in total. The Morgan fingerprint density at radius 3 is 2.78 bits per heavy atom. The zero-order valence-corrected chi connectivity index (χ0v) is 12.2. The predicted molar refractivity (Wildman–Crippen MR) is 74.0 cm³/mol. The van der Waals surface area contributed by atoms with Crippen LogP contribution in [0.1, 0.15) is 41.3 Å². The Kier molecular flexibility index (Phi) is 3.43. The maximum Gasteiger partial charge on any atom is 0.0900 e. The molecular formula is C14H22N2OS. The third-order valence-electron chi connectivity index (χ3n) is 4.21. The van der Waals surface area contributed by atoms with Crippen molar-refractivity contribution in [2.24, 2.45) is 0 Å². The SMILES string of the molecule is Cc1nc(C)c(CN2CCOC3(CCCC3)C2)s1. The van der Waals surface area contributed by atoms with Crippen molar-refractivity contribution in [2.75, 3.05) is 19.7 Å². The molecule has 1 spiro atoms. The van der Waals surface area contributed by atoms with Crippen LogP contribution in [0.15, 0.2) is 0 Å². The van der Waals surface area contributed by atoms with Crippen molar-refractivity contribution in [1.82, 2.24) is 9.88 Å². The van der Waals surface area contributed by atoms with Gasteiger partial charge in [0.1, 0.15) is 0 Å². The van der Waals surface area contributed by atoms with Gasteiger partial charge in [-0.2, -0.15) is 0 Å². The molecule has 2 fully saturated rings. The fourth-order valence-electron chi connectivity index (χ4n) is 3.30. The summed E-state index contributed by atoms with van der Waals surface area (Å²) < 4.78 is 6.08. The minimum absolute atomic E-state index is 0.186. The first-order chi connectivity index (χ1) is 8.67. The summed E-state index contributed by atoms with van der Waals surface area (Å²) in [5, 5.41) is 1.19. The van der Waals surface area contributed by atoms with Gasteiger partial charge in [-0.25, -0.2) is 4.98 Å². The first kappa shape index (κ1) is 12.6. The van der Waals surface area contributed by atoms with Crippen molar-refractivity contribution in [1.29, 1.82) is 0 Å². The van der Waals surface area contributed by atoms with Crippen LogP contribution in [0.4, 0.5) is 0 Å². The highest BCUT2D eigenvalue weighted by molar-refractivity contribution is 7.11. The molecule has 0 aromatic carbocycles. The van der Waals surface area contributed by atoms with E-state index in [1.165, 1.54) is 41.3 Å². The lowest BCUT2D eigenvalue weighted by atomic mass is 10.00. The Bertz CT molecular complexity index is 423. The van der Waals surface area contributed by atoms with Crippen molar-refractivity contribution in [2.45, 2.75) is 51.7 Å². The van der Waals surface area contributed by atoms with Crippen LogP contribution in [-0.2, 0) is 11.3 Å². The van der Waals surface area contributed by atoms with Crippen LogP contribution in [0.2, 0.25) is 0 Å². The summed E-state index contributed by atoms with van der Waals surface area (Å²) in [5.41, 5.74) is 1.40. The number of morpholine rings is 1. The molecule has 0 N–H and O–H groups in total. The molecule has 1 saturated heterocycles. The van der Waals surface area contributed by atoms with E-state index in [-0.39, 0.29) is 5.60 Å². The summed E-state index contributed by atoms with van der Waals surface area (Å²) >= 11 is 1.85. The van der Waals surface area contributed by atoms with Gasteiger partial charge < -0.3 is 4.74 Å². The molecular weight excluding hydrogens is 244 g/mol. The molecule has 1 aliphatic carbocycles. The van der Waals surface area contributed by atoms with Crippen molar-refractivity contribution >= 4 is 11.3 Å². The van der Waals surface area contributed by atoms with E-state index in [1.807, 2.05) is 11.3 Å². The Balaban J connectivity index is 1.67. The largest absolute Gasteiger partial charge is 0.372 e. The van der Waals surface area contributed by atoms with Crippen molar-refractivity contribution < 1.29 is 4.74 Å². The molecule has 0 amide bonds. The van der Waals surface area contributed by atoms with Crippen LogP contribution in [0.25, 0.3) is 0 Å². The van der Waals surface area contributed by atoms with Gasteiger partial charge in [-0.15, -0.1) is 11.3 Å². The third kappa shape index (κ3) is 2.46. The second-order valence-electron chi connectivity index (χ2n) is 5.69. The number of hydrogen-bond acceptors (Lipinski definition) is 4. The summed E-state index contributed by atoms with van der Waals surface area (Å²) in [4.78, 5) is 8.52. The minimum Gasteiger partial charge on any atom is -0.372 e. The van der Waals surface area contributed by atoms with E-state index in [1.54, 1.807) is 0 Å². The molecule has 1 aromatic heterocycles. The lowest BCUT2D eigenvalue weighted by molar-refractivity contribution is -0.106. The Morgan fingerprint density at radius 1 is 1.33 bits per heavy atom. The van der Waals surface area contributed by atoms with E-state index < -0.39 is 0 Å². The van der Waals surface area contributed by atoms with Crippen LogP contribution in [0.3, 0.4) is 0 Å². The van der Waals surface area contributed by atoms with Crippen LogP contribution >= 0.6 is 11.3 Å². The second-order valence-corrected chi connectivity index (χ2v) is 6.98. The molecule has 0 bridgehead atoms. The number of rotatable bonds is 2. The van der Waals surface area contributed by atoms with Gasteiger partial charge in [0.25, 0.3) is 0 Å². The van der Waals surface area contributed by atoms with E-state index in [4.69, 9.17) is 4.74 Å². The second kappa shape index (κ2) is 4.91. The lowest BCUT2D eigenvalue weighted by Crippen LogP contribution is -2.49. The van der Waals surface area contributed by atoms with Crippen molar-refractivity contribution in [3.8, 4) is 0 Å². The Labute approximate surface area is 113 Å². The summed E-state index contributed by atoms with van der Waals surface area (Å²) in [5.74, 6) is 0. The standard InChI is InChI=1S/C14H22N2OS/c1-11-13(18-12(2)15-11)9-16-7-8-17-14(10-16)5-3-4-6-14/h3-10H2,1-2H3. The Morgan fingerprint density at radius 2 is 2.11 bits per heavy atom. The monoisotopic (exact) mass is 266 g/mol. The van der Waals surface area contributed by atoms with E-state index in [0.717, 1.165) is 26.2 Å². The van der Waals surface area contributed by atoms with Crippen molar-refractivity contribution in [3.05, 3.63) is 15.6 Å². The first-order valence-electron chi connectivity index (χ1n) is 6.96. The van der Waals surface area contributed by atoms with E-state index >= 15 is 0 Å². The van der Waals surface area contributed by atoms with Crippen LogP contribution < -0.4 is 0 Å². The highest BCUT2D eigenvalue weighted by Gasteiger charge is 2.39. The molecule has 18 heavy (non-hydrogen) atoms. The van der Waals surface area contributed by atoms with Gasteiger partial charge in [0.15, 0.2) is 0 Å². The zero-order chi connectivity index (χ0) is 12.6. The molecule has 1 saturated carbocycles. The molecule has 100 valence electrons. The van der Waals surface area contributed by atoms with Gasteiger partial charge in [-0.1, -0.05) is 12.8 Å². The number of aromatic nitrogens is 1. The van der Waals surface area contributed by atoms with Crippen LogP contribution in [-0.4, -0.2) is 35.2 Å². The highest BCUT2D eigenvalue weighted by atomic mass is 32.1. The maximum absolute atomic E-state index is 6.08. The van der Waals surface area contributed by atoms with Gasteiger partial charge in [0.2, 0.25) is 0 Å². The number of hydrogen-bond donors (Lipinski definition) is 0. The van der Waals surface area contributed by atoms with E-state index in [9.17, 15) is 0 Å². The molecule has 3 rings (SSSR count). The highest BCUT2D eigenvalue weighted by Crippen LogP contribution is 2.36. The summed E-state index contributed by atoms with van der Waals surface area (Å²) in [6, 6.07) is 0. The molecule has 4 heteroatoms. The molecule has 0 unspecified atom stereocenters. The maximum atomic E-state index is 6.08. The van der Waals surface area contributed by atoms with Gasteiger partial charge in [0, 0.05) is 24.5 Å². The number of nitrogens with zero attached hydrogens (tertiary/aromatic N) is 2. The zero-order valence-electron chi connectivity index (χ0n) is 11.4. The van der Waals surface area contributed by atoms with Gasteiger partial charge in [-0.05, 0) is 26.7 Å². The number of aryl methyl sites for hydroxylation is 2. The van der Waals surface area contributed by atoms with E-state index in [2.05, 4.69) is 23.7 Å². The minimum atomic E-state index is 0.186. The lowest BCUT2D eigenvalue weighted by Gasteiger charge is -2.40. The number of ether oxygens (including phenoxy) is 1. The smallest absolute Gasteiger partial charge is 0.0900 e. The predicted octanol–water partition coefficient (Wildman–Crippen LogP) is 2.90. The fraction of sp³-hybridized carbons (Fsp3) is 0.786. The average Bonchev–Trinajstić information content (AvgIpc) is 2.88. The first-order valence-corrected chi connectivity index (χ1v) is 7.78. The molecule has 0 radical (unpaired) electrons. The summed E-state index contributed by atoms with van der Waals surface area (Å²) in [6.45, 7) is 8.37. The molecule has 1 aromatic rings. The third-order valence-corrected chi connectivity index (χ3v) is 5.27. The average molecular weight is 266 g/mol. The van der Waals surface area contributed by atoms with Crippen LogP contribution in [0, 0.1) is 13.8 Å². The number of thiazole rings is 1. The molecule has 0 atom stereocenters.